The summed E-state index contributed by atoms with van der Waals surface area (Å²) in [4.78, 5) is 27.7. The Bertz CT molecular complexity index is 1450. The molecule has 0 radical (unpaired) electrons. The third-order valence-corrected chi connectivity index (χ3v) is 9.83. The van der Waals surface area contributed by atoms with Gasteiger partial charge in [-0.3, -0.25) is 4.79 Å². The van der Waals surface area contributed by atoms with Gasteiger partial charge < -0.3 is 15.6 Å². The summed E-state index contributed by atoms with van der Waals surface area (Å²) in [7, 11) is -3.73. The number of thiophene rings is 1. The van der Waals surface area contributed by atoms with Crippen molar-refractivity contribution in [1.29, 1.82) is 0 Å². The number of amides is 1. The van der Waals surface area contributed by atoms with Gasteiger partial charge in [-0.25, -0.2) is 23.4 Å². The molecule has 37 heavy (non-hydrogen) atoms. The van der Waals surface area contributed by atoms with Crippen molar-refractivity contribution in [2.45, 2.75) is 50.0 Å². The van der Waals surface area contributed by atoms with Gasteiger partial charge in [0.2, 0.25) is 5.95 Å². The lowest BCUT2D eigenvalue weighted by Gasteiger charge is -2.36. The van der Waals surface area contributed by atoms with Gasteiger partial charge in [-0.1, -0.05) is 6.92 Å². The summed E-state index contributed by atoms with van der Waals surface area (Å²) >= 11 is 1.09. The van der Waals surface area contributed by atoms with E-state index >= 15 is 0 Å². The minimum absolute atomic E-state index is 0.00141. The average molecular weight is 556 g/mol. The Balaban J connectivity index is 1.41. The van der Waals surface area contributed by atoms with Gasteiger partial charge in [0.15, 0.2) is 5.03 Å². The van der Waals surface area contributed by atoms with E-state index in [2.05, 4.69) is 30.6 Å². The van der Waals surface area contributed by atoms with E-state index in [4.69, 9.17) is 0 Å². The fourth-order valence-electron chi connectivity index (χ4n) is 4.62. The van der Waals surface area contributed by atoms with Crippen LogP contribution in [-0.2, 0) is 21.7 Å². The van der Waals surface area contributed by atoms with Crippen LogP contribution in [-0.4, -0.2) is 57.7 Å². The van der Waals surface area contributed by atoms with Crippen LogP contribution in [0.4, 0.5) is 19.1 Å². The maximum Gasteiger partial charge on any atom is 0.420 e. The molecule has 0 saturated carbocycles. The van der Waals surface area contributed by atoms with Crippen molar-refractivity contribution in [2.24, 2.45) is 5.92 Å². The molecular formula is C22H24F3N7O3S2. The number of alkyl halides is 3. The summed E-state index contributed by atoms with van der Waals surface area (Å²) < 4.78 is 68.5. The van der Waals surface area contributed by atoms with E-state index in [1.165, 1.54) is 22.9 Å². The lowest BCUT2D eigenvalue weighted by Crippen LogP contribution is -2.47. The summed E-state index contributed by atoms with van der Waals surface area (Å²) in [5, 5.41) is 5.90. The van der Waals surface area contributed by atoms with E-state index in [1.807, 2.05) is 6.92 Å². The lowest BCUT2D eigenvalue weighted by atomic mass is 9.95. The zero-order valence-electron chi connectivity index (χ0n) is 20.0. The number of H-pyrrole nitrogens is 1. The van der Waals surface area contributed by atoms with Crippen molar-refractivity contribution >= 4 is 33.2 Å². The Morgan fingerprint density at radius 2 is 2.03 bits per heavy atom. The smallest absolute Gasteiger partial charge is 0.351 e. The van der Waals surface area contributed by atoms with Crippen LogP contribution >= 0.6 is 11.3 Å². The first-order valence-electron chi connectivity index (χ1n) is 11.4. The van der Waals surface area contributed by atoms with Crippen LogP contribution in [0.1, 0.15) is 48.0 Å². The van der Waals surface area contributed by atoms with Crippen LogP contribution in [0.3, 0.4) is 0 Å². The number of rotatable bonds is 5. The first-order chi connectivity index (χ1) is 17.3. The number of aromatic amines is 1. The summed E-state index contributed by atoms with van der Waals surface area (Å²) in [5.74, 6) is -0.521. The van der Waals surface area contributed by atoms with E-state index in [0.29, 0.717) is 16.9 Å². The molecule has 1 amide bonds. The Morgan fingerprint density at radius 1 is 1.27 bits per heavy atom. The Morgan fingerprint density at radius 3 is 2.65 bits per heavy atom. The number of nitrogens with zero attached hydrogens (tertiary/aromatic N) is 4. The largest absolute Gasteiger partial charge is 0.420 e. The second kappa shape index (κ2) is 8.77. The molecular weight excluding hydrogens is 531 g/mol. The monoisotopic (exact) mass is 555 g/mol. The van der Waals surface area contributed by atoms with Crippen molar-refractivity contribution < 1.29 is 26.4 Å². The first-order valence-corrected chi connectivity index (χ1v) is 13.7. The van der Waals surface area contributed by atoms with Gasteiger partial charge >= 0.3 is 6.18 Å². The highest BCUT2D eigenvalue weighted by Crippen LogP contribution is 2.44. The van der Waals surface area contributed by atoms with Gasteiger partial charge in [-0.2, -0.15) is 17.5 Å². The highest BCUT2D eigenvalue weighted by atomic mass is 32.2. The number of fused-ring (bicyclic) bond motifs is 1. The molecule has 3 N–H and O–H groups in total. The molecule has 2 aliphatic heterocycles. The van der Waals surface area contributed by atoms with Gasteiger partial charge in [0.25, 0.3) is 15.9 Å². The molecule has 5 rings (SSSR count). The number of sulfonamides is 1. The van der Waals surface area contributed by atoms with Crippen molar-refractivity contribution in [2.75, 3.05) is 18.4 Å². The molecule has 0 unspecified atom stereocenters. The number of imidazole rings is 1. The predicted octanol–water partition coefficient (Wildman–Crippen LogP) is 3.44. The zero-order chi connectivity index (χ0) is 26.8. The highest BCUT2D eigenvalue weighted by Gasteiger charge is 2.41. The maximum absolute atomic E-state index is 13.8. The number of carbonyl (C=O) groups excluding carboxylic acids is 1. The molecule has 2 aliphatic rings. The standard InChI is InChI=1S/C22H24F3N7O3S2/c1-11-9-32(37(34,35)16-8-26-10-28-16)5-4-14(11)29-20-27-7-13(22(23,24)25)17(30-20)15-6-12-18(36-15)21(2,3)31-19(12)33/h6-8,10-11,14H,4-5,9H2,1-3H3,(H,26,28)(H,31,33)(H,27,29,30)/t11-,14+/m1/s1. The predicted molar refractivity (Wildman–Crippen MR) is 129 cm³/mol. The number of hydrogen-bond donors (Lipinski definition) is 3. The quantitative estimate of drug-likeness (QED) is 0.439. The summed E-state index contributed by atoms with van der Waals surface area (Å²) in [6, 6.07) is 1.17. The molecule has 0 aliphatic carbocycles. The molecule has 3 aromatic heterocycles. The Kier molecular flexibility index (Phi) is 6.07. The topological polar surface area (TPSA) is 133 Å². The third kappa shape index (κ3) is 4.59. The average Bonchev–Trinajstić information content (AvgIpc) is 3.54. The first kappa shape index (κ1) is 25.6. The molecule has 0 aromatic carbocycles. The molecule has 5 heterocycles. The van der Waals surface area contributed by atoms with Gasteiger partial charge in [-0.05, 0) is 32.3 Å². The van der Waals surface area contributed by atoms with Crippen LogP contribution in [0.25, 0.3) is 10.6 Å². The number of anilines is 1. The minimum atomic E-state index is -4.69. The molecule has 2 atom stereocenters. The molecule has 0 spiro atoms. The van der Waals surface area contributed by atoms with E-state index in [-0.39, 0.29) is 52.5 Å². The summed E-state index contributed by atoms with van der Waals surface area (Å²) in [5.41, 5.74) is -1.66. The number of nitrogens with one attached hydrogen (secondary N) is 3. The van der Waals surface area contributed by atoms with Crippen LogP contribution in [0, 0.1) is 5.92 Å². The van der Waals surface area contributed by atoms with Gasteiger partial charge in [0.1, 0.15) is 5.56 Å². The van der Waals surface area contributed by atoms with Crippen LogP contribution < -0.4 is 10.6 Å². The molecule has 10 nitrogen and oxygen atoms in total. The zero-order valence-corrected chi connectivity index (χ0v) is 21.7. The van der Waals surface area contributed by atoms with Crippen LogP contribution in [0.5, 0.6) is 0 Å². The van der Waals surface area contributed by atoms with Crippen LogP contribution in [0.2, 0.25) is 0 Å². The maximum atomic E-state index is 13.8. The SMILES string of the molecule is C[C@@H]1CN(S(=O)(=O)c2cnc[nH]2)CC[C@@H]1Nc1ncc(C(F)(F)F)c(-c2cc3c(s2)C(C)(C)NC3=O)n1. The van der Waals surface area contributed by atoms with Crippen LogP contribution in [0.15, 0.2) is 29.8 Å². The van der Waals surface area contributed by atoms with E-state index < -0.39 is 27.3 Å². The minimum Gasteiger partial charge on any atom is -0.351 e. The van der Waals surface area contributed by atoms with E-state index in [9.17, 15) is 26.4 Å². The Hall–Kier alpha value is -3.04. The number of aromatic nitrogens is 4. The second-order valence-corrected chi connectivity index (χ2v) is 12.6. The molecule has 198 valence electrons. The highest BCUT2D eigenvalue weighted by molar-refractivity contribution is 7.89. The Labute approximate surface area is 214 Å². The number of piperidine rings is 1. The number of hydrogen-bond acceptors (Lipinski definition) is 8. The summed E-state index contributed by atoms with van der Waals surface area (Å²) in [6.07, 6.45) is -1.02. The molecule has 1 fully saturated rings. The molecule has 15 heteroatoms. The second-order valence-electron chi connectivity index (χ2n) is 9.68. The lowest BCUT2D eigenvalue weighted by molar-refractivity contribution is -0.137. The van der Waals surface area contributed by atoms with Crippen molar-refractivity contribution in [3.05, 3.63) is 40.8 Å². The fourth-order valence-corrected chi connectivity index (χ4v) is 7.29. The van der Waals surface area contributed by atoms with E-state index in [0.717, 1.165) is 17.5 Å². The van der Waals surface area contributed by atoms with Gasteiger partial charge in [0, 0.05) is 30.2 Å². The van der Waals surface area contributed by atoms with Gasteiger partial charge in [-0.15, -0.1) is 11.3 Å². The fraction of sp³-hybridized carbons (Fsp3) is 0.455. The molecule has 3 aromatic rings. The van der Waals surface area contributed by atoms with E-state index in [1.54, 1.807) is 13.8 Å². The van der Waals surface area contributed by atoms with Crippen molar-refractivity contribution in [3.8, 4) is 10.6 Å². The van der Waals surface area contributed by atoms with Gasteiger partial charge in [0.05, 0.1) is 34.2 Å². The van der Waals surface area contributed by atoms with Crippen molar-refractivity contribution in [3.63, 3.8) is 0 Å². The number of halogens is 3. The summed E-state index contributed by atoms with van der Waals surface area (Å²) in [6.45, 7) is 5.83. The number of carbonyl (C=O) groups is 1. The molecule has 0 bridgehead atoms. The van der Waals surface area contributed by atoms with Crippen molar-refractivity contribution in [1.82, 2.24) is 29.6 Å². The normalized spacial score (nSPS) is 22.1. The molecule has 1 saturated heterocycles. The third-order valence-electron chi connectivity index (χ3n) is 6.57.